The van der Waals surface area contributed by atoms with Crippen LogP contribution in [0.4, 0.5) is 13.2 Å². The molecule has 0 spiro atoms. The fourth-order valence-corrected chi connectivity index (χ4v) is 6.68. The predicted molar refractivity (Wildman–Crippen MR) is 98.4 cm³/mol. The van der Waals surface area contributed by atoms with Gasteiger partial charge in [-0.05, 0) is 98.1 Å². The Kier molecular flexibility index (Phi) is 5.34. The molecule has 144 valence electrons. The smallest absolute Gasteiger partial charge is 0.194 e. The second-order valence-electron chi connectivity index (χ2n) is 9.20. The van der Waals surface area contributed by atoms with Crippen LogP contribution < -0.4 is 0 Å². The summed E-state index contributed by atoms with van der Waals surface area (Å²) in [6.45, 7) is 2.30. The summed E-state index contributed by atoms with van der Waals surface area (Å²) in [6, 6.07) is 2.45. The number of halogens is 3. The molecular formula is C23H31F3. The maximum Gasteiger partial charge on any atom is 0.194 e. The maximum atomic E-state index is 13.6. The molecule has 3 heteroatoms. The summed E-state index contributed by atoms with van der Waals surface area (Å²) in [5.74, 6) is 1.00. The summed E-state index contributed by atoms with van der Waals surface area (Å²) in [4.78, 5) is 0. The second-order valence-corrected chi connectivity index (χ2v) is 9.20. The van der Waals surface area contributed by atoms with Crippen LogP contribution in [0.3, 0.4) is 0 Å². The molecule has 0 aliphatic heterocycles. The summed E-state index contributed by atoms with van der Waals surface area (Å²) in [7, 11) is 0. The first-order chi connectivity index (χ1) is 12.6. The largest absolute Gasteiger partial charge is 0.204 e. The van der Waals surface area contributed by atoms with Crippen LogP contribution in [0.15, 0.2) is 12.1 Å². The molecule has 0 amide bonds. The Morgan fingerprint density at radius 3 is 2.08 bits per heavy atom. The summed E-state index contributed by atoms with van der Waals surface area (Å²) in [5, 5.41) is 0. The average molecular weight is 364 g/mol. The topological polar surface area (TPSA) is 0 Å². The van der Waals surface area contributed by atoms with Crippen molar-refractivity contribution >= 4 is 0 Å². The maximum absolute atomic E-state index is 13.6. The number of hydrogen-bond acceptors (Lipinski definition) is 0. The molecule has 4 rings (SSSR count). The van der Waals surface area contributed by atoms with Crippen molar-refractivity contribution < 1.29 is 13.2 Å². The average Bonchev–Trinajstić information content (AvgIpc) is 2.65. The zero-order valence-electron chi connectivity index (χ0n) is 15.8. The first-order valence-electron chi connectivity index (χ1n) is 10.7. The van der Waals surface area contributed by atoms with E-state index in [2.05, 4.69) is 6.92 Å². The molecule has 0 N–H and O–H groups in total. The van der Waals surface area contributed by atoms with Crippen molar-refractivity contribution in [1.29, 1.82) is 0 Å². The molecule has 0 nitrogen and oxygen atoms in total. The third-order valence-corrected chi connectivity index (χ3v) is 7.82. The monoisotopic (exact) mass is 364 g/mol. The van der Waals surface area contributed by atoms with Crippen LogP contribution in [0, 0.1) is 47.0 Å². The normalized spacial score (nSPS) is 37.1. The van der Waals surface area contributed by atoms with Crippen molar-refractivity contribution in [2.75, 3.05) is 0 Å². The Morgan fingerprint density at radius 2 is 1.42 bits per heavy atom. The van der Waals surface area contributed by atoms with Gasteiger partial charge in [0.2, 0.25) is 0 Å². The van der Waals surface area contributed by atoms with E-state index < -0.39 is 17.5 Å². The van der Waals surface area contributed by atoms with Gasteiger partial charge in [-0.2, -0.15) is 0 Å². The second kappa shape index (κ2) is 7.56. The van der Waals surface area contributed by atoms with Crippen LogP contribution in [0.5, 0.6) is 0 Å². The standard InChI is InChI=1S/C23H31F3/c1-2-3-14-4-8-19-16(10-14)5-6-17-11-15(7-9-20(17)19)18-12-21(24)23(26)22(25)13-18/h12-17,19-20H,2-11H2,1H3. The van der Waals surface area contributed by atoms with Crippen LogP contribution >= 0.6 is 0 Å². The third-order valence-electron chi connectivity index (χ3n) is 7.82. The minimum atomic E-state index is -1.34. The van der Waals surface area contributed by atoms with Crippen LogP contribution in [0.25, 0.3) is 0 Å². The molecule has 3 aliphatic carbocycles. The van der Waals surface area contributed by atoms with E-state index in [-0.39, 0.29) is 5.92 Å². The molecule has 6 atom stereocenters. The van der Waals surface area contributed by atoms with Crippen molar-refractivity contribution in [2.24, 2.45) is 29.6 Å². The zero-order chi connectivity index (χ0) is 18.3. The Balaban J connectivity index is 1.44. The molecule has 0 radical (unpaired) electrons. The van der Waals surface area contributed by atoms with Crippen molar-refractivity contribution in [2.45, 2.75) is 77.0 Å². The van der Waals surface area contributed by atoms with E-state index in [0.29, 0.717) is 11.5 Å². The molecule has 26 heavy (non-hydrogen) atoms. The van der Waals surface area contributed by atoms with Gasteiger partial charge in [0.15, 0.2) is 17.5 Å². The SMILES string of the molecule is CCCC1CCC2C(CCC3CC(c4cc(F)c(F)c(F)c4)CCC32)C1. The first-order valence-corrected chi connectivity index (χ1v) is 10.7. The molecule has 3 saturated carbocycles. The Morgan fingerprint density at radius 1 is 0.808 bits per heavy atom. The highest BCUT2D eigenvalue weighted by molar-refractivity contribution is 5.24. The summed E-state index contributed by atoms with van der Waals surface area (Å²) >= 11 is 0. The van der Waals surface area contributed by atoms with E-state index in [1.807, 2.05) is 0 Å². The Labute approximate surface area is 155 Å². The fourth-order valence-electron chi connectivity index (χ4n) is 6.68. The van der Waals surface area contributed by atoms with Gasteiger partial charge in [-0.25, -0.2) is 13.2 Å². The van der Waals surface area contributed by atoms with Crippen molar-refractivity contribution in [3.63, 3.8) is 0 Å². The molecule has 1 aromatic rings. The van der Waals surface area contributed by atoms with Gasteiger partial charge in [0.05, 0.1) is 0 Å². The number of rotatable bonds is 3. The van der Waals surface area contributed by atoms with Gasteiger partial charge in [0, 0.05) is 0 Å². The Hall–Kier alpha value is -0.990. The number of fused-ring (bicyclic) bond motifs is 3. The minimum absolute atomic E-state index is 0.189. The van der Waals surface area contributed by atoms with E-state index in [0.717, 1.165) is 36.5 Å². The highest BCUT2D eigenvalue weighted by Crippen LogP contribution is 2.55. The lowest BCUT2D eigenvalue weighted by Gasteiger charge is -2.51. The van der Waals surface area contributed by atoms with Crippen LogP contribution in [-0.4, -0.2) is 0 Å². The first kappa shape index (κ1) is 18.4. The van der Waals surface area contributed by atoms with Gasteiger partial charge in [-0.1, -0.05) is 26.2 Å². The van der Waals surface area contributed by atoms with Gasteiger partial charge < -0.3 is 0 Å². The molecule has 0 heterocycles. The van der Waals surface area contributed by atoms with E-state index in [4.69, 9.17) is 0 Å². The van der Waals surface area contributed by atoms with Gasteiger partial charge in [-0.3, -0.25) is 0 Å². The van der Waals surface area contributed by atoms with E-state index in [1.165, 1.54) is 63.5 Å². The van der Waals surface area contributed by atoms with Gasteiger partial charge in [0.25, 0.3) is 0 Å². The quantitative estimate of drug-likeness (QED) is 0.496. The minimum Gasteiger partial charge on any atom is -0.204 e. The van der Waals surface area contributed by atoms with E-state index in [1.54, 1.807) is 0 Å². The van der Waals surface area contributed by atoms with Crippen LogP contribution in [0.1, 0.15) is 82.6 Å². The molecule has 0 aromatic heterocycles. The van der Waals surface area contributed by atoms with Crippen molar-refractivity contribution in [3.05, 3.63) is 35.1 Å². The third kappa shape index (κ3) is 3.43. The van der Waals surface area contributed by atoms with Gasteiger partial charge in [-0.15, -0.1) is 0 Å². The summed E-state index contributed by atoms with van der Waals surface area (Å²) in [6.07, 6.45) is 12.7. The molecule has 6 unspecified atom stereocenters. The molecule has 3 aliphatic rings. The molecule has 1 aromatic carbocycles. The highest BCUT2D eigenvalue weighted by Gasteiger charge is 2.44. The van der Waals surface area contributed by atoms with Gasteiger partial charge in [0.1, 0.15) is 0 Å². The number of hydrogen-bond donors (Lipinski definition) is 0. The van der Waals surface area contributed by atoms with E-state index >= 15 is 0 Å². The molecule has 0 bridgehead atoms. The lowest BCUT2D eigenvalue weighted by molar-refractivity contribution is 0.00538. The molecular weight excluding hydrogens is 333 g/mol. The van der Waals surface area contributed by atoms with E-state index in [9.17, 15) is 13.2 Å². The van der Waals surface area contributed by atoms with Crippen molar-refractivity contribution in [3.8, 4) is 0 Å². The summed E-state index contributed by atoms with van der Waals surface area (Å²) < 4.78 is 40.5. The Bertz CT molecular complexity index is 617. The molecule has 0 saturated heterocycles. The fraction of sp³-hybridized carbons (Fsp3) is 0.739. The van der Waals surface area contributed by atoms with Crippen LogP contribution in [-0.2, 0) is 0 Å². The van der Waals surface area contributed by atoms with Crippen molar-refractivity contribution in [1.82, 2.24) is 0 Å². The number of benzene rings is 1. The lowest BCUT2D eigenvalue weighted by atomic mass is 9.55. The molecule has 3 fully saturated rings. The van der Waals surface area contributed by atoms with Gasteiger partial charge >= 0.3 is 0 Å². The zero-order valence-corrected chi connectivity index (χ0v) is 15.8. The van der Waals surface area contributed by atoms with Crippen LogP contribution in [0.2, 0.25) is 0 Å². The predicted octanol–water partition coefficient (Wildman–Crippen LogP) is 7.23. The highest BCUT2D eigenvalue weighted by atomic mass is 19.2. The lowest BCUT2D eigenvalue weighted by Crippen LogP contribution is -2.41. The summed E-state index contributed by atoms with van der Waals surface area (Å²) in [5.41, 5.74) is 0.661.